The molecular weight excluding hydrogens is 567 g/mol. The first-order valence-electron chi connectivity index (χ1n) is 15.5. The smallest absolute Gasteiger partial charge is 0.333 e. The van der Waals surface area contributed by atoms with E-state index in [9.17, 15) is 0 Å². The van der Waals surface area contributed by atoms with Crippen molar-refractivity contribution in [1.82, 2.24) is 4.48 Å². The third-order valence-electron chi connectivity index (χ3n) is 10.3. The number of furan rings is 1. The van der Waals surface area contributed by atoms with Crippen LogP contribution in [0.2, 0.25) is 0 Å². The van der Waals surface area contributed by atoms with Gasteiger partial charge in [-0.05, 0) is 69.7 Å². The van der Waals surface area contributed by atoms with Crippen LogP contribution < -0.4 is 15.8 Å². The highest BCUT2D eigenvalue weighted by molar-refractivity contribution is 7.99. The van der Waals surface area contributed by atoms with Crippen molar-refractivity contribution in [2.45, 2.75) is 9.79 Å². The molecule has 0 unspecified atom stereocenters. The minimum Gasteiger partial charge on any atom is -0.454 e. The largest absolute Gasteiger partial charge is 0.454 e. The number of fused-ring (bicyclic) bond motifs is 14. The molecule has 0 spiro atoms. The minimum absolute atomic E-state index is 0.000682. The molecule has 0 amide bonds. The molecule has 12 rings (SSSR count). The zero-order valence-corrected chi connectivity index (χ0v) is 24.7. The van der Waals surface area contributed by atoms with E-state index in [2.05, 4.69) is 137 Å². The van der Waals surface area contributed by atoms with Gasteiger partial charge in [-0.2, -0.15) is 0 Å². The highest BCUT2D eigenvalue weighted by Crippen LogP contribution is 2.56. The molecule has 7 aromatic carbocycles. The fraction of sp³-hybridized carbons (Fsp3) is 0. The van der Waals surface area contributed by atoms with E-state index in [1.54, 1.807) is 0 Å². The Balaban J connectivity index is 1.35. The third kappa shape index (κ3) is 2.66. The molecule has 45 heavy (non-hydrogen) atoms. The first-order valence-corrected chi connectivity index (χ1v) is 16.3. The summed E-state index contributed by atoms with van der Waals surface area (Å²) in [5.41, 5.74) is 13.4. The normalized spacial score (nSPS) is 14.0. The Morgan fingerprint density at radius 1 is 0.578 bits per heavy atom. The van der Waals surface area contributed by atoms with Crippen LogP contribution in [0.25, 0.3) is 65.6 Å². The summed E-state index contributed by atoms with van der Waals surface area (Å²) < 4.78 is 9.52. The summed E-state index contributed by atoms with van der Waals surface area (Å²) in [7, 11) is 0. The monoisotopic (exact) mass is 588 g/mol. The number of rotatable bonds is 0. The average molecular weight is 589 g/mol. The van der Waals surface area contributed by atoms with E-state index in [1.807, 2.05) is 11.8 Å². The predicted octanol–water partition coefficient (Wildman–Crippen LogP) is 9.73. The van der Waals surface area contributed by atoms with Crippen molar-refractivity contribution in [1.29, 1.82) is 0 Å². The Morgan fingerprint density at radius 2 is 1.36 bits per heavy atom. The van der Waals surface area contributed by atoms with Gasteiger partial charge < -0.3 is 13.8 Å². The molecular formula is C40H21BN2OS. The molecule has 0 radical (unpaired) electrons. The Kier molecular flexibility index (Phi) is 4.00. The lowest BCUT2D eigenvalue weighted by molar-refractivity contribution is 0.669. The van der Waals surface area contributed by atoms with Gasteiger partial charge in [0.05, 0.1) is 17.1 Å². The van der Waals surface area contributed by atoms with Crippen LogP contribution in [0, 0.1) is 0 Å². The summed E-state index contributed by atoms with van der Waals surface area (Å²) in [5.74, 6) is 0. The summed E-state index contributed by atoms with van der Waals surface area (Å²) in [6.45, 7) is 0.000682. The van der Waals surface area contributed by atoms with Gasteiger partial charge in [-0.3, -0.25) is 0 Å². The van der Waals surface area contributed by atoms with E-state index in [0.29, 0.717) is 0 Å². The van der Waals surface area contributed by atoms with Crippen LogP contribution in [0.3, 0.4) is 0 Å². The Morgan fingerprint density at radius 3 is 2.31 bits per heavy atom. The van der Waals surface area contributed by atoms with E-state index in [-0.39, 0.29) is 6.85 Å². The Labute approximate surface area is 262 Å². The molecule has 3 nitrogen and oxygen atoms in total. The third-order valence-corrected chi connectivity index (χ3v) is 11.4. The minimum atomic E-state index is 0.000682. The maximum Gasteiger partial charge on any atom is 0.333 e. The van der Waals surface area contributed by atoms with Crippen LogP contribution in [-0.4, -0.2) is 11.3 Å². The first-order chi connectivity index (χ1) is 22.3. The molecule has 0 fully saturated rings. The molecule has 206 valence electrons. The molecule has 0 saturated heterocycles. The average Bonchev–Trinajstić information content (AvgIpc) is 3.62. The van der Waals surface area contributed by atoms with Crippen molar-refractivity contribution in [3.8, 4) is 11.1 Å². The number of hydrogen-bond donors (Lipinski definition) is 0. The summed E-state index contributed by atoms with van der Waals surface area (Å²) in [6.07, 6.45) is 0. The number of aromatic nitrogens is 1. The van der Waals surface area contributed by atoms with Gasteiger partial charge >= 0.3 is 6.85 Å². The number of anilines is 3. The second-order valence-corrected chi connectivity index (χ2v) is 13.5. The zero-order chi connectivity index (χ0) is 29.0. The second-order valence-electron chi connectivity index (χ2n) is 12.5. The van der Waals surface area contributed by atoms with Crippen LogP contribution in [-0.2, 0) is 0 Å². The van der Waals surface area contributed by atoms with Crippen molar-refractivity contribution >= 4 is 101 Å². The molecule has 3 aliphatic heterocycles. The van der Waals surface area contributed by atoms with Gasteiger partial charge in [0.25, 0.3) is 0 Å². The van der Waals surface area contributed by atoms with Crippen LogP contribution in [0.1, 0.15) is 0 Å². The van der Waals surface area contributed by atoms with Crippen LogP contribution in [0.15, 0.2) is 142 Å². The van der Waals surface area contributed by atoms with Gasteiger partial charge in [0, 0.05) is 47.9 Å². The van der Waals surface area contributed by atoms with E-state index < -0.39 is 0 Å². The summed E-state index contributed by atoms with van der Waals surface area (Å²) in [4.78, 5) is 5.06. The number of benzene rings is 7. The molecule has 2 aromatic heterocycles. The standard InChI is InChI=1S/C40H21BN2OS/c1-2-10-23-20-32-27(19-22(23)9-1)25-12-7-13-26-28-21-29-24-11-3-5-16-33(24)44-40(29)39-36(28)41(43(32)37(25)26)30-14-8-18-35-38(30)42(39)31-15-4-6-17-34(31)45-35/h1-21H. The number of nitrogens with zero attached hydrogens (tertiary/aromatic N) is 2. The fourth-order valence-corrected chi connectivity index (χ4v) is 9.65. The van der Waals surface area contributed by atoms with Crippen molar-refractivity contribution < 1.29 is 4.42 Å². The number of para-hydroxylation sites is 4. The highest BCUT2D eigenvalue weighted by atomic mass is 32.2. The van der Waals surface area contributed by atoms with E-state index in [0.717, 1.165) is 16.6 Å². The summed E-state index contributed by atoms with van der Waals surface area (Å²) in [6, 6.07) is 47.0. The Bertz CT molecular complexity index is 2830. The molecule has 9 aromatic rings. The molecule has 0 saturated carbocycles. The van der Waals surface area contributed by atoms with Gasteiger partial charge in [0.1, 0.15) is 5.58 Å². The molecule has 0 atom stereocenters. The van der Waals surface area contributed by atoms with E-state index in [1.165, 1.54) is 86.9 Å². The lowest BCUT2D eigenvalue weighted by atomic mass is 9.45. The molecule has 5 heterocycles. The lowest BCUT2D eigenvalue weighted by Crippen LogP contribution is -2.57. The molecule has 3 aliphatic rings. The molecule has 0 bridgehead atoms. The van der Waals surface area contributed by atoms with Crippen LogP contribution in [0.4, 0.5) is 17.1 Å². The van der Waals surface area contributed by atoms with Gasteiger partial charge in [0.2, 0.25) is 0 Å². The topological polar surface area (TPSA) is 21.3 Å². The molecule has 5 heteroatoms. The summed E-state index contributed by atoms with van der Waals surface area (Å²) >= 11 is 1.87. The zero-order valence-electron chi connectivity index (χ0n) is 23.9. The van der Waals surface area contributed by atoms with Crippen molar-refractivity contribution in [2.24, 2.45) is 0 Å². The van der Waals surface area contributed by atoms with Crippen LogP contribution in [0.5, 0.6) is 0 Å². The van der Waals surface area contributed by atoms with E-state index >= 15 is 0 Å². The van der Waals surface area contributed by atoms with Gasteiger partial charge in [-0.15, -0.1) is 0 Å². The number of hydrogen-bond acceptors (Lipinski definition) is 3. The van der Waals surface area contributed by atoms with Crippen molar-refractivity contribution in [2.75, 3.05) is 4.90 Å². The maximum atomic E-state index is 6.88. The van der Waals surface area contributed by atoms with E-state index in [4.69, 9.17) is 4.42 Å². The predicted molar refractivity (Wildman–Crippen MR) is 189 cm³/mol. The Hall–Kier alpha value is -5.39. The quantitative estimate of drug-likeness (QED) is 0.165. The lowest BCUT2D eigenvalue weighted by Gasteiger charge is -2.43. The molecule has 0 N–H and O–H groups in total. The fourth-order valence-electron chi connectivity index (χ4n) is 8.55. The van der Waals surface area contributed by atoms with Crippen LogP contribution >= 0.6 is 11.8 Å². The van der Waals surface area contributed by atoms with Crippen molar-refractivity contribution in [3.05, 3.63) is 127 Å². The van der Waals surface area contributed by atoms with Gasteiger partial charge in [0.15, 0.2) is 5.58 Å². The second kappa shape index (κ2) is 7.81. The van der Waals surface area contributed by atoms with Gasteiger partial charge in [-0.25, -0.2) is 0 Å². The molecule has 0 aliphatic carbocycles. The highest BCUT2D eigenvalue weighted by Gasteiger charge is 2.46. The maximum absolute atomic E-state index is 6.88. The first kappa shape index (κ1) is 23.1. The van der Waals surface area contributed by atoms with Crippen molar-refractivity contribution in [3.63, 3.8) is 0 Å². The SMILES string of the molecule is c1ccc2c(c1)Sc1cccc3c1N2c1c2c(cc4c1oc1ccccc14)-c1cccc4c5cc6ccccc6cc5n(c14)B32. The summed E-state index contributed by atoms with van der Waals surface area (Å²) in [5, 5.41) is 7.48. The van der Waals surface area contributed by atoms with Gasteiger partial charge in [-0.1, -0.05) is 96.7 Å².